The molecule has 0 heterocycles. The number of hydrogen-bond donors (Lipinski definition) is 1. The van der Waals surface area contributed by atoms with E-state index in [-0.39, 0.29) is 25.0 Å². The molecule has 0 aliphatic rings. The van der Waals surface area contributed by atoms with Crippen LogP contribution in [0.3, 0.4) is 0 Å². The van der Waals surface area contributed by atoms with Gasteiger partial charge in [0.15, 0.2) is 0 Å². The molecule has 0 unspecified atom stereocenters. The molecule has 0 aliphatic heterocycles. The molecular weight excluding hydrogens is 258 g/mol. The van der Waals surface area contributed by atoms with Gasteiger partial charge in [0.2, 0.25) is 0 Å². The summed E-state index contributed by atoms with van der Waals surface area (Å²) in [5.74, 6) is -0.747. The Morgan fingerprint density at radius 2 is 1.85 bits per heavy atom. The van der Waals surface area contributed by atoms with Gasteiger partial charge in [-0.3, -0.25) is 14.9 Å². The lowest BCUT2D eigenvalue weighted by molar-refractivity contribution is -0.146. The van der Waals surface area contributed by atoms with Crippen LogP contribution in [0.5, 0.6) is 0 Å². The van der Waals surface area contributed by atoms with Crippen molar-refractivity contribution in [3.05, 3.63) is 35.9 Å². The minimum atomic E-state index is -0.510. The first kappa shape index (κ1) is 16.2. The number of carbonyl (C=O) groups excluding carboxylic acids is 2. The molecule has 5 nitrogen and oxygen atoms in total. The molecule has 0 amide bonds. The van der Waals surface area contributed by atoms with Crippen LogP contribution in [-0.4, -0.2) is 31.6 Å². The Hall–Kier alpha value is -1.88. The summed E-state index contributed by atoms with van der Waals surface area (Å²) in [6.45, 7) is 3.96. The first-order valence-corrected chi connectivity index (χ1v) is 6.55. The summed E-state index contributed by atoms with van der Waals surface area (Å²) < 4.78 is 9.80. The second-order valence-electron chi connectivity index (χ2n) is 4.77. The third-order valence-electron chi connectivity index (χ3n) is 2.83. The number of rotatable bonds is 7. The van der Waals surface area contributed by atoms with Gasteiger partial charge in [0.1, 0.15) is 12.6 Å². The van der Waals surface area contributed by atoms with Crippen molar-refractivity contribution in [3.8, 4) is 0 Å². The van der Waals surface area contributed by atoms with Crippen molar-refractivity contribution in [1.29, 1.82) is 0 Å². The minimum Gasteiger partial charge on any atom is -0.468 e. The SMILES string of the molecule is COC(=O)[C@@H](NCC(=O)OCc1ccccc1)C(C)C. The maximum Gasteiger partial charge on any atom is 0.323 e. The van der Waals surface area contributed by atoms with E-state index in [2.05, 4.69) is 10.1 Å². The number of esters is 2. The van der Waals surface area contributed by atoms with Crippen molar-refractivity contribution in [3.63, 3.8) is 0 Å². The lowest BCUT2D eigenvalue weighted by Gasteiger charge is -2.19. The molecule has 0 aliphatic carbocycles. The molecule has 1 aromatic carbocycles. The number of nitrogens with one attached hydrogen (secondary N) is 1. The Labute approximate surface area is 119 Å². The molecule has 0 saturated heterocycles. The Balaban J connectivity index is 2.36. The maximum absolute atomic E-state index is 11.6. The van der Waals surface area contributed by atoms with Crippen LogP contribution in [0.2, 0.25) is 0 Å². The average Bonchev–Trinajstić information content (AvgIpc) is 2.45. The van der Waals surface area contributed by atoms with Gasteiger partial charge >= 0.3 is 11.9 Å². The molecule has 20 heavy (non-hydrogen) atoms. The van der Waals surface area contributed by atoms with Crippen LogP contribution in [0.1, 0.15) is 19.4 Å². The van der Waals surface area contributed by atoms with Crippen LogP contribution in [0.25, 0.3) is 0 Å². The van der Waals surface area contributed by atoms with Crippen molar-refractivity contribution in [2.24, 2.45) is 5.92 Å². The van der Waals surface area contributed by atoms with Crippen molar-refractivity contribution in [1.82, 2.24) is 5.32 Å². The molecule has 110 valence electrons. The van der Waals surface area contributed by atoms with Crippen LogP contribution >= 0.6 is 0 Å². The quantitative estimate of drug-likeness (QED) is 0.767. The predicted octanol–water partition coefficient (Wildman–Crippen LogP) is 1.52. The van der Waals surface area contributed by atoms with Crippen LogP contribution in [0.15, 0.2) is 30.3 Å². The highest BCUT2D eigenvalue weighted by atomic mass is 16.5. The van der Waals surface area contributed by atoms with Gasteiger partial charge in [-0.05, 0) is 11.5 Å². The van der Waals surface area contributed by atoms with E-state index in [0.29, 0.717) is 0 Å². The van der Waals surface area contributed by atoms with E-state index in [4.69, 9.17) is 4.74 Å². The zero-order valence-electron chi connectivity index (χ0n) is 12.1. The molecule has 0 bridgehead atoms. The highest BCUT2D eigenvalue weighted by Gasteiger charge is 2.23. The predicted molar refractivity (Wildman–Crippen MR) is 74.9 cm³/mol. The van der Waals surface area contributed by atoms with Crippen LogP contribution in [0.4, 0.5) is 0 Å². The molecule has 1 N–H and O–H groups in total. The van der Waals surface area contributed by atoms with Gasteiger partial charge in [-0.25, -0.2) is 0 Å². The van der Waals surface area contributed by atoms with Crippen LogP contribution in [0, 0.1) is 5.92 Å². The van der Waals surface area contributed by atoms with Gasteiger partial charge in [-0.1, -0.05) is 44.2 Å². The van der Waals surface area contributed by atoms with Crippen molar-refractivity contribution in [2.45, 2.75) is 26.5 Å². The summed E-state index contributed by atoms with van der Waals surface area (Å²) in [5, 5.41) is 2.86. The first-order chi connectivity index (χ1) is 9.54. The van der Waals surface area contributed by atoms with Crippen LogP contribution < -0.4 is 5.32 Å². The molecule has 5 heteroatoms. The van der Waals surface area contributed by atoms with E-state index in [9.17, 15) is 9.59 Å². The van der Waals surface area contributed by atoms with Crippen molar-refractivity contribution in [2.75, 3.05) is 13.7 Å². The first-order valence-electron chi connectivity index (χ1n) is 6.55. The molecule has 0 aromatic heterocycles. The maximum atomic E-state index is 11.6. The standard InChI is InChI=1S/C15H21NO4/c1-11(2)14(15(18)19-3)16-9-13(17)20-10-12-7-5-4-6-8-12/h4-8,11,14,16H,9-10H2,1-3H3/t14-/m0/s1. The third kappa shape index (κ3) is 5.40. The monoisotopic (exact) mass is 279 g/mol. The topological polar surface area (TPSA) is 64.6 Å². The van der Waals surface area contributed by atoms with Gasteiger partial charge in [0, 0.05) is 0 Å². The lowest BCUT2D eigenvalue weighted by atomic mass is 10.1. The fourth-order valence-electron chi connectivity index (χ4n) is 1.70. The minimum absolute atomic E-state index is 0.0230. The van der Waals surface area contributed by atoms with Crippen molar-refractivity contribution < 1.29 is 19.1 Å². The molecule has 0 saturated carbocycles. The molecular formula is C15H21NO4. The zero-order valence-corrected chi connectivity index (χ0v) is 12.1. The van der Waals surface area contributed by atoms with Crippen LogP contribution in [-0.2, 0) is 25.7 Å². The van der Waals surface area contributed by atoms with Crippen molar-refractivity contribution >= 4 is 11.9 Å². The van der Waals surface area contributed by atoms with E-state index >= 15 is 0 Å². The Bertz CT molecular complexity index is 431. The summed E-state index contributed by atoms with van der Waals surface area (Å²) in [5.41, 5.74) is 0.925. The molecule has 0 spiro atoms. The molecule has 0 fully saturated rings. The average molecular weight is 279 g/mol. The summed E-state index contributed by atoms with van der Waals surface area (Å²) >= 11 is 0. The number of hydrogen-bond acceptors (Lipinski definition) is 5. The Morgan fingerprint density at radius 3 is 2.40 bits per heavy atom. The fraction of sp³-hybridized carbons (Fsp3) is 0.467. The smallest absolute Gasteiger partial charge is 0.323 e. The van der Waals surface area contributed by atoms with E-state index in [0.717, 1.165) is 5.56 Å². The number of ether oxygens (including phenoxy) is 2. The van der Waals surface area contributed by atoms with Gasteiger partial charge in [-0.15, -0.1) is 0 Å². The summed E-state index contributed by atoms with van der Waals surface area (Å²) in [6, 6.07) is 8.92. The van der Waals surface area contributed by atoms with E-state index in [1.54, 1.807) is 0 Å². The highest BCUT2D eigenvalue weighted by Crippen LogP contribution is 2.04. The van der Waals surface area contributed by atoms with Gasteiger partial charge < -0.3 is 9.47 Å². The zero-order chi connectivity index (χ0) is 15.0. The van der Waals surface area contributed by atoms with E-state index in [1.165, 1.54) is 7.11 Å². The number of methoxy groups -OCH3 is 1. The number of carbonyl (C=O) groups is 2. The number of benzene rings is 1. The van der Waals surface area contributed by atoms with Gasteiger partial charge in [-0.2, -0.15) is 0 Å². The fourth-order valence-corrected chi connectivity index (χ4v) is 1.70. The molecule has 1 atom stereocenters. The Kier molecular flexibility index (Phi) is 6.73. The van der Waals surface area contributed by atoms with Gasteiger partial charge in [0.05, 0.1) is 13.7 Å². The molecule has 0 radical (unpaired) electrons. The highest BCUT2D eigenvalue weighted by molar-refractivity contribution is 5.77. The van der Waals surface area contributed by atoms with E-state index < -0.39 is 12.0 Å². The summed E-state index contributed by atoms with van der Waals surface area (Å²) in [6.07, 6.45) is 0. The largest absolute Gasteiger partial charge is 0.468 e. The van der Waals surface area contributed by atoms with E-state index in [1.807, 2.05) is 44.2 Å². The third-order valence-corrected chi connectivity index (χ3v) is 2.83. The summed E-state index contributed by atoms with van der Waals surface area (Å²) in [7, 11) is 1.33. The Morgan fingerprint density at radius 1 is 1.20 bits per heavy atom. The second kappa shape index (κ2) is 8.32. The molecule has 1 rings (SSSR count). The van der Waals surface area contributed by atoms with Gasteiger partial charge in [0.25, 0.3) is 0 Å². The molecule has 1 aromatic rings. The lowest BCUT2D eigenvalue weighted by Crippen LogP contribution is -2.44. The summed E-state index contributed by atoms with van der Waals surface area (Å²) in [4.78, 5) is 23.1. The second-order valence-corrected chi connectivity index (χ2v) is 4.77. The normalized spacial score (nSPS) is 12.0.